The van der Waals surface area contributed by atoms with Gasteiger partial charge < -0.3 is 15.5 Å². The van der Waals surface area contributed by atoms with E-state index in [1.807, 2.05) is 35.2 Å². The highest BCUT2D eigenvalue weighted by molar-refractivity contribution is 5.94. The minimum absolute atomic E-state index is 0.0283. The van der Waals surface area contributed by atoms with Crippen LogP contribution in [-0.2, 0) is 0 Å². The molecule has 1 heterocycles. The first kappa shape index (κ1) is 15.8. The SMILES string of the molecule is O=C(NC1CCN(C(=O)NC2CCCC2)CC1)c1ccccc1. The third-order valence-electron chi connectivity index (χ3n) is 4.84. The minimum atomic E-state index is -0.0283. The van der Waals surface area contributed by atoms with Gasteiger partial charge in [0.1, 0.15) is 0 Å². The summed E-state index contributed by atoms with van der Waals surface area (Å²) in [7, 11) is 0. The summed E-state index contributed by atoms with van der Waals surface area (Å²) in [6, 6.07) is 9.84. The standard InChI is InChI=1S/C18H25N3O2/c22-17(14-6-2-1-3-7-14)19-16-10-12-21(13-11-16)18(23)20-15-8-4-5-9-15/h1-3,6-7,15-16H,4-5,8-13H2,(H,19,22)(H,20,23). The number of carbonyl (C=O) groups is 2. The lowest BCUT2D eigenvalue weighted by atomic mass is 10.0. The van der Waals surface area contributed by atoms with Crippen molar-refractivity contribution in [1.82, 2.24) is 15.5 Å². The van der Waals surface area contributed by atoms with Gasteiger partial charge in [-0.25, -0.2) is 4.79 Å². The smallest absolute Gasteiger partial charge is 0.317 e. The number of rotatable bonds is 3. The van der Waals surface area contributed by atoms with Gasteiger partial charge in [0, 0.05) is 30.7 Å². The van der Waals surface area contributed by atoms with Gasteiger partial charge in [-0.2, -0.15) is 0 Å². The average molecular weight is 315 g/mol. The van der Waals surface area contributed by atoms with Crippen molar-refractivity contribution in [3.05, 3.63) is 35.9 Å². The molecule has 1 aromatic carbocycles. The number of hydrogen-bond acceptors (Lipinski definition) is 2. The van der Waals surface area contributed by atoms with Gasteiger partial charge in [-0.05, 0) is 37.8 Å². The molecule has 124 valence electrons. The number of benzene rings is 1. The maximum Gasteiger partial charge on any atom is 0.317 e. The van der Waals surface area contributed by atoms with Gasteiger partial charge in [-0.15, -0.1) is 0 Å². The average Bonchev–Trinajstić information content (AvgIpc) is 3.09. The monoisotopic (exact) mass is 315 g/mol. The summed E-state index contributed by atoms with van der Waals surface area (Å²) in [5, 5.41) is 6.20. The zero-order valence-electron chi connectivity index (χ0n) is 13.5. The summed E-state index contributed by atoms with van der Waals surface area (Å²) in [5.41, 5.74) is 0.689. The molecule has 2 fully saturated rings. The van der Waals surface area contributed by atoms with Crippen LogP contribution in [0.3, 0.4) is 0 Å². The van der Waals surface area contributed by atoms with Crippen LogP contribution in [0.15, 0.2) is 30.3 Å². The van der Waals surface area contributed by atoms with Crippen molar-refractivity contribution in [2.75, 3.05) is 13.1 Å². The summed E-state index contributed by atoms with van der Waals surface area (Å²) in [6.45, 7) is 1.41. The summed E-state index contributed by atoms with van der Waals surface area (Å²) in [6.07, 6.45) is 6.29. The molecule has 1 aliphatic heterocycles. The van der Waals surface area contributed by atoms with E-state index >= 15 is 0 Å². The van der Waals surface area contributed by atoms with E-state index in [1.165, 1.54) is 12.8 Å². The maximum atomic E-state index is 12.2. The quantitative estimate of drug-likeness (QED) is 0.900. The largest absolute Gasteiger partial charge is 0.349 e. The number of likely N-dealkylation sites (tertiary alicyclic amines) is 1. The molecule has 0 radical (unpaired) electrons. The second kappa shape index (κ2) is 7.49. The molecule has 0 spiro atoms. The number of piperidine rings is 1. The second-order valence-corrected chi connectivity index (χ2v) is 6.53. The first-order chi connectivity index (χ1) is 11.2. The van der Waals surface area contributed by atoms with Crippen LogP contribution in [0.5, 0.6) is 0 Å². The van der Waals surface area contributed by atoms with Crippen LogP contribution < -0.4 is 10.6 Å². The molecule has 1 aliphatic carbocycles. The number of nitrogens with one attached hydrogen (secondary N) is 2. The first-order valence-corrected chi connectivity index (χ1v) is 8.64. The lowest BCUT2D eigenvalue weighted by Crippen LogP contribution is -2.51. The highest BCUT2D eigenvalue weighted by atomic mass is 16.2. The van der Waals surface area contributed by atoms with Gasteiger partial charge in [0.2, 0.25) is 0 Å². The van der Waals surface area contributed by atoms with Gasteiger partial charge in [0.25, 0.3) is 5.91 Å². The van der Waals surface area contributed by atoms with Crippen LogP contribution in [0.2, 0.25) is 0 Å². The van der Waals surface area contributed by atoms with Gasteiger partial charge in [-0.1, -0.05) is 31.0 Å². The van der Waals surface area contributed by atoms with Crippen molar-refractivity contribution in [2.45, 2.75) is 50.6 Å². The Morgan fingerprint density at radius 1 is 0.870 bits per heavy atom. The molecule has 0 aromatic heterocycles. The Labute approximate surface area is 137 Å². The Bertz CT molecular complexity index is 532. The van der Waals surface area contributed by atoms with E-state index in [9.17, 15) is 9.59 Å². The molecular weight excluding hydrogens is 290 g/mol. The van der Waals surface area contributed by atoms with Crippen LogP contribution in [0.1, 0.15) is 48.9 Å². The van der Waals surface area contributed by atoms with Gasteiger partial charge in [0.05, 0.1) is 0 Å². The predicted molar refractivity (Wildman–Crippen MR) is 89.3 cm³/mol. The highest BCUT2D eigenvalue weighted by Gasteiger charge is 2.26. The van der Waals surface area contributed by atoms with Crippen LogP contribution >= 0.6 is 0 Å². The molecule has 2 aliphatic rings. The number of urea groups is 1. The number of amides is 3. The lowest BCUT2D eigenvalue weighted by Gasteiger charge is -2.33. The molecule has 3 rings (SSSR count). The summed E-state index contributed by atoms with van der Waals surface area (Å²) in [5.74, 6) is -0.0283. The second-order valence-electron chi connectivity index (χ2n) is 6.53. The molecule has 1 saturated carbocycles. The van der Waals surface area contributed by atoms with Gasteiger partial charge >= 0.3 is 6.03 Å². The van der Waals surface area contributed by atoms with Crippen LogP contribution in [-0.4, -0.2) is 42.0 Å². The fourth-order valence-electron chi connectivity index (χ4n) is 3.42. The van der Waals surface area contributed by atoms with Crippen molar-refractivity contribution in [2.24, 2.45) is 0 Å². The van der Waals surface area contributed by atoms with E-state index < -0.39 is 0 Å². The van der Waals surface area contributed by atoms with Crippen molar-refractivity contribution < 1.29 is 9.59 Å². The Kier molecular flexibility index (Phi) is 5.16. The molecule has 23 heavy (non-hydrogen) atoms. The van der Waals surface area contributed by atoms with E-state index in [0.717, 1.165) is 25.7 Å². The third-order valence-corrected chi connectivity index (χ3v) is 4.84. The van der Waals surface area contributed by atoms with Crippen LogP contribution in [0.25, 0.3) is 0 Å². The Hall–Kier alpha value is -2.04. The fraction of sp³-hybridized carbons (Fsp3) is 0.556. The van der Waals surface area contributed by atoms with E-state index in [2.05, 4.69) is 10.6 Å². The topological polar surface area (TPSA) is 61.4 Å². The molecular formula is C18H25N3O2. The summed E-state index contributed by atoms with van der Waals surface area (Å²) >= 11 is 0. The predicted octanol–water partition coefficient (Wildman–Crippen LogP) is 2.53. The summed E-state index contributed by atoms with van der Waals surface area (Å²) < 4.78 is 0. The molecule has 0 atom stereocenters. The van der Waals surface area contributed by atoms with Gasteiger partial charge in [-0.3, -0.25) is 4.79 Å². The summed E-state index contributed by atoms with van der Waals surface area (Å²) in [4.78, 5) is 26.3. The Balaban J connectivity index is 1.43. The molecule has 1 aromatic rings. The van der Waals surface area contributed by atoms with Crippen molar-refractivity contribution in [1.29, 1.82) is 0 Å². The van der Waals surface area contributed by atoms with Crippen LogP contribution in [0, 0.1) is 0 Å². The minimum Gasteiger partial charge on any atom is -0.349 e. The van der Waals surface area contributed by atoms with Crippen LogP contribution in [0.4, 0.5) is 4.79 Å². The molecule has 5 nitrogen and oxygen atoms in total. The van der Waals surface area contributed by atoms with E-state index in [4.69, 9.17) is 0 Å². The molecule has 0 unspecified atom stereocenters. The van der Waals surface area contributed by atoms with Crippen molar-refractivity contribution in [3.63, 3.8) is 0 Å². The molecule has 5 heteroatoms. The van der Waals surface area contributed by atoms with E-state index in [0.29, 0.717) is 24.7 Å². The van der Waals surface area contributed by atoms with E-state index in [-0.39, 0.29) is 18.0 Å². The third kappa shape index (κ3) is 4.24. The first-order valence-electron chi connectivity index (χ1n) is 8.64. The van der Waals surface area contributed by atoms with Crippen molar-refractivity contribution in [3.8, 4) is 0 Å². The normalized spacial score (nSPS) is 19.6. The zero-order chi connectivity index (χ0) is 16.1. The number of carbonyl (C=O) groups excluding carboxylic acids is 2. The molecule has 0 bridgehead atoms. The fourth-order valence-corrected chi connectivity index (χ4v) is 3.42. The number of nitrogens with zero attached hydrogens (tertiary/aromatic N) is 1. The Morgan fingerprint density at radius 3 is 2.13 bits per heavy atom. The maximum absolute atomic E-state index is 12.2. The Morgan fingerprint density at radius 2 is 1.48 bits per heavy atom. The lowest BCUT2D eigenvalue weighted by molar-refractivity contribution is 0.0917. The zero-order valence-corrected chi connectivity index (χ0v) is 13.5. The molecule has 2 N–H and O–H groups in total. The molecule has 1 saturated heterocycles. The number of hydrogen-bond donors (Lipinski definition) is 2. The van der Waals surface area contributed by atoms with Gasteiger partial charge in [0.15, 0.2) is 0 Å². The molecule has 3 amide bonds. The van der Waals surface area contributed by atoms with E-state index in [1.54, 1.807) is 0 Å². The van der Waals surface area contributed by atoms with Crippen molar-refractivity contribution >= 4 is 11.9 Å². The highest BCUT2D eigenvalue weighted by Crippen LogP contribution is 2.18.